The maximum Gasteiger partial charge on any atom is 0.303 e. The molecule has 1 amide bonds. The van der Waals surface area contributed by atoms with Gasteiger partial charge in [-0.05, 0) is 26.7 Å². The van der Waals surface area contributed by atoms with Crippen LogP contribution in [0.5, 0.6) is 0 Å². The molecule has 0 spiro atoms. The Hall–Kier alpha value is -1.10. The Bertz CT molecular complexity index is 215. The molecule has 5 heteroatoms. The normalized spacial score (nSPS) is 14.3. The zero-order chi connectivity index (χ0) is 11.8. The standard InChI is InChI=1S/C10H19NO4/c1-7(6-8(2)12)11-9(13)4-3-5-10(14)15/h7-8,12H,3-6H2,1-2H3,(H,11,13)(H,14,15). The molecule has 0 saturated heterocycles. The zero-order valence-corrected chi connectivity index (χ0v) is 9.19. The van der Waals surface area contributed by atoms with Crippen LogP contribution in [0.3, 0.4) is 0 Å². The summed E-state index contributed by atoms with van der Waals surface area (Å²) in [5.74, 6) is -1.05. The molecule has 0 fully saturated rings. The molecular weight excluding hydrogens is 198 g/mol. The van der Waals surface area contributed by atoms with Gasteiger partial charge in [-0.15, -0.1) is 0 Å². The van der Waals surface area contributed by atoms with Crippen molar-refractivity contribution in [3.05, 3.63) is 0 Å². The van der Waals surface area contributed by atoms with Gasteiger partial charge in [-0.2, -0.15) is 0 Å². The SMILES string of the molecule is CC(O)CC(C)NC(=O)CCCC(=O)O. The molecule has 0 heterocycles. The van der Waals surface area contributed by atoms with E-state index in [1.54, 1.807) is 6.92 Å². The van der Waals surface area contributed by atoms with Crippen LogP contribution in [0.4, 0.5) is 0 Å². The van der Waals surface area contributed by atoms with Gasteiger partial charge in [-0.25, -0.2) is 0 Å². The Morgan fingerprint density at radius 3 is 2.33 bits per heavy atom. The monoisotopic (exact) mass is 217 g/mol. The Labute approximate surface area is 89.5 Å². The smallest absolute Gasteiger partial charge is 0.303 e. The molecule has 0 aromatic heterocycles. The number of nitrogens with one attached hydrogen (secondary N) is 1. The lowest BCUT2D eigenvalue weighted by Gasteiger charge is -2.15. The fourth-order valence-corrected chi connectivity index (χ4v) is 1.32. The first-order valence-electron chi connectivity index (χ1n) is 5.11. The summed E-state index contributed by atoms with van der Waals surface area (Å²) in [5, 5.41) is 20.1. The number of aliphatic hydroxyl groups excluding tert-OH is 1. The lowest BCUT2D eigenvalue weighted by molar-refractivity contribution is -0.137. The van der Waals surface area contributed by atoms with Crippen molar-refractivity contribution < 1.29 is 19.8 Å². The van der Waals surface area contributed by atoms with Crippen LogP contribution < -0.4 is 5.32 Å². The maximum atomic E-state index is 11.2. The van der Waals surface area contributed by atoms with Crippen molar-refractivity contribution in [2.45, 2.75) is 51.7 Å². The van der Waals surface area contributed by atoms with Crippen molar-refractivity contribution in [1.29, 1.82) is 0 Å². The van der Waals surface area contributed by atoms with Crippen molar-refractivity contribution in [3.63, 3.8) is 0 Å². The molecule has 88 valence electrons. The van der Waals surface area contributed by atoms with Gasteiger partial charge in [0.05, 0.1) is 6.10 Å². The minimum atomic E-state index is -0.889. The van der Waals surface area contributed by atoms with Gasteiger partial charge in [-0.1, -0.05) is 0 Å². The Balaban J connectivity index is 3.60. The number of hydrogen-bond donors (Lipinski definition) is 3. The highest BCUT2D eigenvalue weighted by atomic mass is 16.4. The van der Waals surface area contributed by atoms with E-state index in [9.17, 15) is 9.59 Å². The second-order valence-corrected chi connectivity index (χ2v) is 3.80. The third-order valence-corrected chi connectivity index (χ3v) is 1.90. The number of carbonyl (C=O) groups excluding carboxylic acids is 1. The molecule has 0 radical (unpaired) electrons. The summed E-state index contributed by atoms with van der Waals surface area (Å²) in [6.45, 7) is 3.47. The van der Waals surface area contributed by atoms with Gasteiger partial charge in [0.1, 0.15) is 0 Å². The summed E-state index contributed by atoms with van der Waals surface area (Å²) >= 11 is 0. The van der Waals surface area contributed by atoms with Crippen LogP contribution in [0.15, 0.2) is 0 Å². The summed E-state index contributed by atoms with van der Waals surface area (Å²) < 4.78 is 0. The summed E-state index contributed by atoms with van der Waals surface area (Å²) in [5.41, 5.74) is 0. The highest BCUT2D eigenvalue weighted by Gasteiger charge is 2.09. The molecule has 2 unspecified atom stereocenters. The Morgan fingerprint density at radius 2 is 1.87 bits per heavy atom. The number of hydrogen-bond acceptors (Lipinski definition) is 3. The molecule has 0 aliphatic carbocycles. The predicted molar refractivity (Wildman–Crippen MR) is 55.4 cm³/mol. The molecule has 15 heavy (non-hydrogen) atoms. The van der Waals surface area contributed by atoms with Crippen molar-refractivity contribution in [2.24, 2.45) is 0 Å². The van der Waals surface area contributed by atoms with Crippen LogP contribution in [0.25, 0.3) is 0 Å². The van der Waals surface area contributed by atoms with Crippen LogP contribution in [-0.2, 0) is 9.59 Å². The van der Waals surface area contributed by atoms with Gasteiger partial charge in [-0.3, -0.25) is 9.59 Å². The predicted octanol–water partition coefficient (Wildman–Crippen LogP) is 0.517. The van der Waals surface area contributed by atoms with E-state index >= 15 is 0 Å². The number of carboxylic acids is 1. The highest BCUT2D eigenvalue weighted by molar-refractivity contribution is 5.77. The number of aliphatic hydroxyl groups is 1. The lowest BCUT2D eigenvalue weighted by atomic mass is 10.1. The fraction of sp³-hybridized carbons (Fsp3) is 0.800. The lowest BCUT2D eigenvalue weighted by Crippen LogP contribution is -2.34. The van der Waals surface area contributed by atoms with E-state index in [-0.39, 0.29) is 24.8 Å². The largest absolute Gasteiger partial charge is 0.481 e. The van der Waals surface area contributed by atoms with Crippen molar-refractivity contribution in [3.8, 4) is 0 Å². The van der Waals surface area contributed by atoms with Gasteiger partial charge < -0.3 is 15.5 Å². The third kappa shape index (κ3) is 9.21. The van der Waals surface area contributed by atoms with Gasteiger partial charge in [0.25, 0.3) is 0 Å². The van der Waals surface area contributed by atoms with Crippen molar-refractivity contribution in [1.82, 2.24) is 5.32 Å². The molecular formula is C10H19NO4. The van der Waals surface area contributed by atoms with Crippen LogP contribution in [-0.4, -0.2) is 34.2 Å². The van der Waals surface area contributed by atoms with E-state index in [1.807, 2.05) is 6.92 Å². The van der Waals surface area contributed by atoms with Crippen LogP contribution in [0.2, 0.25) is 0 Å². The first-order valence-corrected chi connectivity index (χ1v) is 5.11. The number of amides is 1. The summed E-state index contributed by atoms with van der Waals surface area (Å²) in [6.07, 6.45) is 0.640. The number of carboxylic acid groups (broad SMARTS) is 1. The van der Waals surface area contributed by atoms with E-state index in [4.69, 9.17) is 10.2 Å². The topological polar surface area (TPSA) is 86.6 Å². The molecule has 2 atom stereocenters. The molecule has 3 N–H and O–H groups in total. The first-order chi connectivity index (χ1) is 6.91. The average Bonchev–Trinajstić information content (AvgIpc) is 2.00. The van der Waals surface area contributed by atoms with E-state index in [1.165, 1.54) is 0 Å². The van der Waals surface area contributed by atoms with Gasteiger partial charge in [0.2, 0.25) is 5.91 Å². The van der Waals surface area contributed by atoms with Gasteiger partial charge in [0, 0.05) is 18.9 Å². The molecule has 0 aromatic rings. The van der Waals surface area contributed by atoms with Crippen LogP contribution in [0.1, 0.15) is 39.5 Å². The minimum absolute atomic E-state index is 0.0121. The minimum Gasteiger partial charge on any atom is -0.481 e. The fourth-order valence-electron chi connectivity index (χ4n) is 1.32. The zero-order valence-electron chi connectivity index (χ0n) is 9.19. The summed E-state index contributed by atoms with van der Waals surface area (Å²) in [4.78, 5) is 21.4. The second-order valence-electron chi connectivity index (χ2n) is 3.80. The van der Waals surface area contributed by atoms with E-state index in [0.29, 0.717) is 12.8 Å². The Kier molecular flexibility index (Phi) is 6.70. The van der Waals surface area contributed by atoms with E-state index in [0.717, 1.165) is 0 Å². The Morgan fingerprint density at radius 1 is 1.27 bits per heavy atom. The van der Waals surface area contributed by atoms with Gasteiger partial charge in [0.15, 0.2) is 0 Å². The summed E-state index contributed by atoms with van der Waals surface area (Å²) in [7, 11) is 0. The molecule has 5 nitrogen and oxygen atoms in total. The molecule has 0 saturated carbocycles. The quantitative estimate of drug-likeness (QED) is 0.580. The molecule has 0 aliphatic heterocycles. The molecule has 0 aromatic carbocycles. The highest BCUT2D eigenvalue weighted by Crippen LogP contribution is 1.99. The molecule has 0 bridgehead atoms. The number of carbonyl (C=O) groups is 2. The van der Waals surface area contributed by atoms with E-state index < -0.39 is 12.1 Å². The first kappa shape index (κ1) is 13.9. The third-order valence-electron chi connectivity index (χ3n) is 1.90. The van der Waals surface area contributed by atoms with Crippen molar-refractivity contribution in [2.75, 3.05) is 0 Å². The second kappa shape index (κ2) is 7.23. The molecule has 0 aliphatic rings. The van der Waals surface area contributed by atoms with Crippen LogP contribution in [0, 0.1) is 0 Å². The van der Waals surface area contributed by atoms with Crippen molar-refractivity contribution >= 4 is 11.9 Å². The van der Waals surface area contributed by atoms with Gasteiger partial charge >= 0.3 is 5.97 Å². The maximum absolute atomic E-state index is 11.2. The summed E-state index contributed by atoms with van der Waals surface area (Å²) in [6, 6.07) is -0.0812. The average molecular weight is 217 g/mol. The molecule has 0 rings (SSSR count). The number of rotatable bonds is 7. The van der Waals surface area contributed by atoms with Crippen LogP contribution >= 0.6 is 0 Å². The number of aliphatic carboxylic acids is 1. The van der Waals surface area contributed by atoms with E-state index in [2.05, 4.69) is 5.32 Å².